The molecule has 3 N–H and O–H groups in total. The van der Waals surface area contributed by atoms with Gasteiger partial charge in [0.25, 0.3) is 0 Å². The van der Waals surface area contributed by atoms with Gasteiger partial charge in [-0.2, -0.15) is 10.2 Å². The van der Waals surface area contributed by atoms with Crippen LogP contribution in [-0.2, 0) is 13.5 Å². The van der Waals surface area contributed by atoms with Crippen molar-refractivity contribution in [2.45, 2.75) is 31.8 Å². The zero-order chi connectivity index (χ0) is 23.5. The van der Waals surface area contributed by atoms with Gasteiger partial charge in [-0.25, -0.2) is 14.5 Å². The van der Waals surface area contributed by atoms with Gasteiger partial charge in [-0.15, -0.1) is 0 Å². The molecule has 0 aliphatic heterocycles. The summed E-state index contributed by atoms with van der Waals surface area (Å²) in [6.07, 6.45) is 13.0. The second-order valence-electron chi connectivity index (χ2n) is 8.71. The van der Waals surface area contributed by atoms with E-state index in [0.717, 1.165) is 34.3 Å². The standard InChI is InChI=1S/C26H28N8/c1-18(10-23(27)26-28-12-20(13-29-26)11-19-6-4-3-5-7-19)32-24-15-31-34-17-21(8-9-25(24)34)22-14-30-33(2)16-22/h3-9,12-18,23,32H,10-11,27H2,1-2H3. The third-order valence-electron chi connectivity index (χ3n) is 5.87. The van der Waals surface area contributed by atoms with Crippen molar-refractivity contribution >= 4 is 11.2 Å². The molecule has 34 heavy (non-hydrogen) atoms. The largest absolute Gasteiger partial charge is 0.379 e. The number of rotatable bonds is 8. The van der Waals surface area contributed by atoms with Gasteiger partial charge in [-0.05, 0) is 30.5 Å². The van der Waals surface area contributed by atoms with E-state index in [2.05, 4.69) is 56.7 Å². The molecule has 4 aromatic heterocycles. The number of benzene rings is 1. The van der Waals surface area contributed by atoms with Gasteiger partial charge in [-0.3, -0.25) is 4.68 Å². The number of nitrogens with zero attached hydrogens (tertiary/aromatic N) is 6. The Labute approximate surface area is 198 Å². The van der Waals surface area contributed by atoms with Crippen LogP contribution in [0.3, 0.4) is 0 Å². The molecule has 0 spiro atoms. The Morgan fingerprint density at radius 3 is 2.41 bits per heavy atom. The molecular formula is C26H28N8. The summed E-state index contributed by atoms with van der Waals surface area (Å²) in [4.78, 5) is 9.06. The van der Waals surface area contributed by atoms with Gasteiger partial charge in [0.15, 0.2) is 0 Å². The van der Waals surface area contributed by atoms with Crippen molar-refractivity contribution in [3.8, 4) is 11.1 Å². The molecule has 172 valence electrons. The number of aromatic nitrogens is 6. The number of fused-ring (bicyclic) bond motifs is 1. The molecule has 0 saturated carbocycles. The second-order valence-corrected chi connectivity index (χ2v) is 8.71. The maximum absolute atomic E-state index is 6.43. The molecule has 0 bridgehead atoms. The Morgan fingerprint density at radius 1 is 0.882 bits per heavy atom. The van der Waals surface area contributed by atoms with E-state index in [1.807, 2.05) is 66.9 Å². The number of nitrogens with two attached hydrogens (primary N) is 1. The fourth-order valence-electron chi connectivity index (χ4n) is 4.13. The molecular weight excluding hydrogens is 424 g/mol. The fourth-order valence-corrected chi connectivity index (χ4v) is 4.13. The number of hydrogen-bond donors (Lipinski definition) is 2. The summed E-state index contributed by atoms with van der Waals surface area (Å²) in [7, 11) is 1.91. The minimum absolute atomic E-state index is 0.119. The number of hydrogen-bond acceptors (Lipinski definition) is 6. The van der Waals surface area contributed by atoms with Crippen molar-refractivity contribution in [1.82, 2.24) is 29.4 Å². The fraction of sp³-hybridized carbons (Fsp3) is 0.231. The monoisotopic (exact) mass is 452 g/mol. The zero-order valence-electron chi connectivity index (χ0n) is 19.3. The summed E-state index contributed by atoms with van der Waals surface area (Å²) in [5, 5.41) is 12.3. The Bertz CT molecular complexity index is 1370. The number of nitrogens with one attached hydrogen (secondary N) is 1. The highest BCUT2D eigenvalue weighted by Crippen LogP contribution is 2.24. The van der Waals surface area contributed by atoms with Crippen LogP contribution in [-0.4, -0.2) is 35.4 Å². The van der Waals surface area contributed by atoms with E-state index in [9.17, 15) is 0 Å². The van der Waals surface area contributed by atoms with Gasteiger partial charge in [0, 0.05) is 55.4 Å². The average molecular weight is 453 g/mol. The lowest BCUT2D eigenvalue weighted by Gasteiger charge is -2.18. The molecule has 8 heteroatoms. The summed E-state index contributed by atoms with van der Waals surface area (Å²) in [5.74, 6) is 0.659. The van der Waals surface area contributed by atoms with Crippen molar-refractivity contribution in [1.29, 1.82) is 0 Å². The average Bonchev–Trinajstić information content (AvgIpc) is 3.46. The summed E-state index contributed by atoms with van der Waals surface area (Å²) in [6, 6.07) is 14.3. The van der Waals surface area contributed by atoms with E-state index in [1.54, 1.807) is 4.68 Å². The smallest absolute Gasteiger partial charge is 0.144 e. The van der Waals surface area contributed by atoms with E-state index in [1.165, 1.54) is 5.56 Å². The van der Waals surface area contributed by atoms with Crippen molar-refractivity contribution in [2.75, 3.05) is 5.32 Å². The van der Waals surface area contributed by atoms with Crippen LogP contribution in [0.25, 0.3) is 16.6 Å². The molecule has 4 heterocycles. The second kappa shape index (κ2) is 9.44. The Morgan fingerprint density at radius 2 is 1.68 bits per heavy atom. The third-order valence-corrected chi connectivity index (χ3v) is 5.87. The van der Waals surface area contributed by atoms with Gasteiger partial charge < -0.3 is 11.1 Å². The van der Waals surface area contributed by atoms with E-state index in [-0.39, 0.29) is 12.1 Å². The topological polar surface area (TPSA) is 98.9 Å². The van der Waals surface area contributed by atoms with Gasteiger partial charge >= 0.3 is 0 Å². The predicted molar refractivity (Wildman–Crippen MR) is 133 cm³/mol. The highest BCUT2D eigenvalue weighted by Gasteiger charge is 2.16. The molecule has 5 rings (SSSR count). The van der Waals surface area contributed by atoms with Crippen LogP contribution >= 0.6 is 0 Å². The summed E-state index contributed by atoms with van der Waals surface area (Å²) in [5.41, 5.74) is 12.8. The van der Waals surface area contributed by atoms with Crippen molar-refractivity contribution in [3.05, 3.63) is 96.6 Å². The van der Waals surface area contributed by atoms with Gasteiger partial charge in [0.05, 0.1) is 29.6 Å². The minimum Gasteiger partial charge on any atom is -0.379 e. The maximum Gasteiger partial charge on any atom is 0.144 e. The summed E-state index contributed by atoms with van der Waals surface area (Å²) in [6.45, 7) is 2.11. The normalized spacial score (nSPS) is 13.1. The van der Waals surface area contributed by atoms with E-state index in [0.29, 0.717) is 12.2 Å². The quantitative estimate of drug-likeness (QED) is 0.369. The highest BCUT2D eigenvalue weighted by molar-refractivity contribution is 5.74. The highest BCUT2D eigenvalue weighted by atomic mass is 15.2. The lowest BCUT2D eigenvalue weighted by Crippen LogP contribution is -2.24. The van der Waals surface area contributed by atoms with Gasteiger partial charge in [0.1, 0.15) is 5.82 Å². The van der Waals surface area contributed by atoms with Crippen molar-refractivity contribution in [3.63, 3.8) is 0 Å². The van der Waals surface area contributed by atoms with E-state index < -0.39 is 0 Å². The van der Waals surface area contributed by atoms with Crippen LogP contribution < -0.4 is 11.1 Å². The lowest BCUT2D eigenvalue weighted by atomic mass is 10.1. The van der Waals surface area contributed by atoms with Crippen molar-refractivity contribution < 1.29 is 0 Å². The lowest BCUT2D eigenvalue weighted by molar-refractivity contribution is 0.564. The Hall–Kier alpha value is -4.04. The molecule has 0 aliphatic carbocycles. The molecule has 0 saturated heterocycles. The van der Waals surface area contributed by atoms with Crippen molar-refractivity contribution in [2.24, 2.45) is 12.8 Å². The van der Waals surface area contributed by atoms with Crippen LogP contribution in [0.5, 0.6) is 0 Å². The van der Waals surface area contributed by atoms with Gasteiger partial charge in [0.2, 0.25) is 0 Å². The first-order valence-electron chi connectivity index (χ1n) is 11.4. The Kier molecular flexibility index (Phi) is 6.05. The first-order chi connectivity index (χ1) is 16.5. The maximum atomic E-state index is 6.43. The molecule has 1 aromatic carbocycles. The molecule has 8 nitrogen and oxygen atoms in total. The number of anilines is 1. The Balaban J connectivity index is 1.22. The number of pyridine rings is 1. The molecule has 2 unspecified atom stereocenters. The van der Waals surface area contributed by atoms with E-state index >= 15 is 0 Å². The van der Waals surface area contributed by atoms with Crippen LogP contribution in [0.1, 0.15) is 36.3 Å². The van der Waals surface area contributed by atoms with Crippen LogP contribution in [0, 0.1) is 0 Å². The molecule has 0 fully saturated rings. The molecule has 2 atom stereocenters. The predicted octanol–water partition coefficient (Wildman–Crippen LogP) is 4.01. The SMILES string of the molecule is CC(CC(N)c1ncc(Cc2ccccc2)cn1)Nc1cnn2cc(-c3cnn(C)c3)ccc12. The summed E-state index contributed by atoms with van der Waals surface area (Å²) < 4.78 is 3.67. The van der Waals surface area contributed by atoms with Crippen LogP contribution in [0.15, 0.2) is 79.6 Å². The molecule has 0 aliphatic rings. The molecule has 0 radical (unpaired) electrons. The first-order valence-corrected chi connectivity index (χ1v) is 11.4. The van der Waals surface area contributed by atoms with Crippen LogP contribution in [0.4, 0.5) is 5.69 Å². The number of aryl methyl sites for hydroxylation is 1. The van der Waals surface area contributed by atoms with Gasteiger partial charge in [-0.1, -0.05) is 36.4 Å². The molecule has 0 amide bonds. The summed E-state index contributed by atoms with van der Waals surface area (Å²) >= 11 is 0. The third kappa shape index (κ3) is 4.82. The zero-order valence-corrected chi connectivity index (χ0v) is 19.3. The minimum atomic E-state index is -0.257. The van der Waals surface area contributed by atoms with E-state index in [4.69, 9.17) is 5.73 Å². The van der Waals surface area contributed by atoms with Crippen LogP contribution in [0.2, 0.25) is 0 Å². The molecule has 5 aromatic rings. The first kappa shape index (κ1) is 21.8.